The van der Waals surface area contributed by atoms with Crippen molar-refractivity contribution >= 4 is 52.6 Å². The molecule has 0 atom stereocenters. The Balaban J connectivity index is 1.50. The van der Waals surface area contributed by atoms with Crippen LogP contribution in [0.1, 0.15) is 22.8 Å². The van der Waals surface area contributed by atoms with Crippen LogP contribution in [0.3, 0.4) is 0 Å². The number of hydrogen-bond acceptors (Lipinski definition) is 4. The van der Waals surface area contributed by atoms with E-state index in [1.165, 1.54) is 11.5 Å². The molecule has 1 fully saturated rings. The summed E-state index contributed by atoms with van der Waals surface area (Å²) in [4.78, 5) is 14.1. The summed E-state index contributed by atoms with van der Waals surface area (Å²) in [6.07, 6.45) is 1.60. The minimum absolute atomic E-state index is 0.138. The monoisotopic (exact) mass is 615 g/mol. The summed E-state index contributed by atoms with van der Waals surface area (Å²) >= 11 is 1.63. The zero-order valence-corrected chi connectivity index (χ0v) is 22.0. The molecule has 0 radical (unpaired) electrons. The standard InChI is InChI=1S/C24H21BrF3N3O3Se/c1-23(33)13-30(14-23)21(32)15-7-8-18(20(12-15)34-2)29-9-3-5-16-11-19-17(25)6-4-10-31(19)22(16)35-24(26,27)28/h4,6-8,10-12,29,33H,9,13-14H2,1-2H3. The number of β-amino-alcohol motifs (C(OH)–C–C–N with tert-alkyl or cyclic N) is 1. The number of amides is 1. The Morgan fingerprint density at radius 3 is 2.71 bits per heavy atom. The van der Waals surface area contributed by atoms with Crippen molar-refractivity contribution in [2.75, 3.05) is 32.1 Å². The molecule has 184 valence electrons. The summed E-state index contributed by atoms with van der Waals surface area (Å²) in [5.41, 5.74) is 1.12. The number of likely N-dealkylation sites (tertiary alicyclic amines) is 1. The average molecular weight is 615 g/mol. The number of hydrogen-bond donors (Lipinski definition) is 2. The third-order valence-corrected chi connectivity index (χ3v) is 7.75. The maximum absolute atomic E-state index is 13.2. The van der Waals surface area contributed by atoms with Crippen LogP contribution in [0.4, 0.5) is 18.9 Å². The molecule has 3 heterocycles. The SMILES string of the molecule is COc1cc(C(=O)N2CC(C)(O)C2)ccc1NCC#Cc1cc2c(Br)cccn2c1[Se]C(F)(F)F. The van der Waals surface area contributed by atoms with E-state index in [1.807, 2.05) is 0 Å². The summed E-state index contributed by atoms with van der Waals surface area (Å²) in [5.74, 6) is 5.98. The number of pyridine rings is 1. The Hall–Kier alpha value is -2.64. The number of halogens is 4. The van der Waals surface area contributed by atoms with E-state index in [4.69, 9.17) is 4.74 Å². The first-order valence-corrected chi connectivity index (χ1v) is 13.0. The number of benzene rings is 1. The van der Waals surface area contributed by atoms with Gasteiger partial charge in [0.05, 0.1) is 18.7 Å². The number of nitrogens with one attached hydrogen (secondary N) is 1. The number of ether oxygens (including phenoxy) is 1. The van der Waals surface area contributed by atoms with Gasteiger partial charge in [-0.25, -0.2) is 0 Å². The Morgan fingerprint density at radius 2 is 2.06 bits per heavy atom. The molecule has 0 bridgehead atoms. The fourth-order valence-corrected chi connectivity index (χ4v) is 5.71. The van der Waals surface area contributed by atoms with Crippen LogP contribution in [0.5, 0.6) is 5.75 Å². The molecule has 1 saturated heterocycles. The molecular weight excluding hydrogens is 594 g/mol. The van der Waals surface area contributed by atoms with E-state index in [1.54, 1.807) is 54.4 Å². The van der Waals surface area contributed by atoms with Gasteiger partial charge in [-0.1, -0.05) is 0 Å². The van der Waals surface area contributed by atoms with E-state index in [0.29, 0.717) is 32.6 Å². The maximum atomic E-state index is 13.2. The second kappa shape index (κ2) is 9.78. The summed E-state index contributed by atoms with van der Waals surface area (Å²) in [7, 11) is 1.48. The molecule has 0 aliphatic carbocycles. The first kappa shape index (κ1) is 25.5. The van der Waals surface area contributed by atoms with E-state index < -0.39 is 25.6 Å². The van der Waals surface area contributed by atoms with Gasteiger partial charge in [-0.15, -0.1) is 0 Å². The van der Waals surface area contributed by atoms with Gasteiger partial charge in [0.15, 0.2) is 0 Å². The van der Waals surface area contributed by atoms with E-state index in [0.717, 1.165) is 0 Å². The fourth-order valence-electron chi connectivity index (χ4n) is 3.79. The number of aromatic nitrogens is 1. The summed E-state index contributed by atoms with van der Waals surface area (Å²) in [6, 6.07) is 10.0. The van der Waals surface area contributed by atoms with Crippen molar-refractivity contribution in [3.05, 3.63) is 58.2 Å². The Kier molecular flexibility index (Phi) is 7.11. The van der Waals surface area contributed by atoms with Crippen LogP contribution in [0.15, 0.2) is 47.1 Å². The van der Waals surface area contributed by atoms with E-state index in [-0.39, 0.29) is 30.1 Å². The van der Waals surface area contributed by atoms with Crippen LogP contribution < -0.4 is 14.6 Å². The topological polar surface area (TPSA) is 66.2 Å². The van der Waals surface area contributed by atoms with E-state index in [9.17, 15) is 23.1 Å². The predicted octanol–water partition coefficient (Wildman–Crippen LogP) is 3.23. The number of fused-ring (bicyclic) bond motifs is 1. The molecule has 2 aromatic heterocycles. The number of nitrogens with zero attached hydrogens (tertiary/aromatic N) is 2. The van der Waals surface area contributed by atoms with Crippen molar-refractivity contribution in [3.63, 3.8) is 0 Å². The van der Waals surface area contributed by atoms with Crippen LogP contribution in [0.25, 0.3) is 5.52 Å². The Morgan fingerprint density at radius 1 is 1.31 bits per heavy atom. The molecule has 4 rings (SSSR count). The molecule has 2 N–H and O–H groups in total. The zero-order chi connectivity index (χ0) is 25.4. The zero-order valence-electron chi connectivity index (χ0n) is 18.7. The van der Waals surface area contributed by atoms with Crippen molar-refractivity contribution < 1.29 is 27.8 Å². The van der Waals surface area contributed by atoms with Crippen molar-refractivity contribution in [1.29, 1.82) is 0 Å². The molecule has 0 spiro atoms. The molecule has 35 heavy (non-hydrogen) atoms. The van der Waals surface area contributed by atoms with Gasteiger partial charge in [-0.05, 0) is 6.92 Å². The van der Waals surface area contributed by atoms with Crippen LogP contribution in [-0.4, -0.2) is 72.7 Å². The molecule has 1 aliphatic heterocycles. The molecule has 0 saturated carbocycles. The average Bonchev–Trinajstić information content (AvgIpc) is 3.11. The first-order valence-electron chi connectivity index (χ1n) is 10.5. The van der Waals surface area contributed by atoms with Gasteiger partial charge in [0.2, 0.25) is 0 Å². The quantitative estimate of drug-likeness (QED) is 0.342. The van der Waals surface area contributed by atoms with Gasteiger partial charge < -0.3 is 5.11 Å². The van der Waals surface area contributed by atoms with Crippen molar-refractivity contribution in [1.82, 2.24) is 9.30 Å². The van der Waals surface area contributed by atoms with E-state index >= 15 is 0 Å². The second-order valence-corrected chi connectivity index (χ2v) is 11.3. The molecular formula is C24H21BrF3N3O3Se. The van der Waals surface area contributed by atoms with Crippen LogP contribution in [-0.2, 0) is 0 Å². The molecule has 0 unspecified atom stereocenters. The molecule has 1 aliphatic rings. The molecule has 11 heteroatoms. The Bertz CT molecular complexity index is 1340. The number of anilines is 1. The second-order valence-electron chi connectivity index (χ2n) is 8.25. The van der Waals surface area contributed by atoms with Crippen molar-refractivity contribution in [3.8, 4) is 17.6 Å². The molecule has 3 aromatic rings. The third kappa shape index (κ3) is 5.78. The predicted molar refractivity (Wildman–Crippen MR) is 131 cm³/mol. The van der Waals surface area contributed by atoms with Crippen molar-refractivity contribution in [2.24, 2.45) is 0 Å². The number of carbonyl (C=O) groups excluding carboxylic acids is 1. The number of aliphatic hydroxyl groups is 1. The third-order valence-electron chi connectivity index (χ3n) is 5.31. The minimum atomic E-state index is -4.31. The number of alkyl halides is 3. The number of methoxy groups -OCH3 is 1. The fraction of sp³-hybridized carbons (Fsp3) is 0.292. The van der Waals surface area contributed by atoms with E-state index in [2.05, 4.69) is 33.1 Å². The van der Waals surface area contributed by atoms with Crippen LogP contribution in [0.2, 0.25) is 0 Å². The van der Waals surface area contributed by atoms with Gasteiger partial charge in [-0.3, -0.25) is 0 Å². The normalized spacial score (nSPS) is 14.8. The molecule has 6 nitrogen and oxygen atoms in total. The van der Waals surface area contributed by atoms with Gasteiger partial charge in [0.1, 0.15) is 0 Å². The van der Waals surface area contributed by atoms with Gasteiger partial charge in [0, 0.05) is 0 Å². The van der Waals surface area contributed by atoms with Crippen LogP contribution in [0, 0.1) is 11.8 Å². The number of carbonyl (C=O) groups is 1. The van der Waals surface area contributed by atoms with Crippen molar-refractivity contribution in [2.45, 2.75) is 17.6 Å². The van der Waals surface area contributed by atoms with Gasteiger partial charge in [-0.2, -0.15) is 0 Å². The Labute approximate surface area is 214 Å². The molecule has 1 amide bonds. The summed E-state index contributed by atoms with van der Waals surface area (Å²) in [6.45, 7) is 2.37. The first-order chi connectivity index (χ1) is 16.5. The number of rotatable bonds is 5. The summed E-state index contributed by atoms with van der Waals surface area (Å²) in [5, 5.41) is 8.63. The summed E-state index contributed by atoms with van der Waals surface area (Å²) < 4.78 is 47.4. The molecule has 1 aromatic carbocycles. The van der Waals surface area contributed by atoms with Crippen LogP contribution >= 0.6 is 15.9 Å². The van der Waals surface area contributed by atoms with Gasteiger partial charge >= 0.3 is 184 Å². The van der Waals surface area contributed by atoms with Gasteiger partial charge in [0.25, 0.3) is 0 Å².